The summed E-state index contributed by atoms with van der Waals surface area (Å²) < 4.78 is 45.0. The lowest BCUT2D eigenvalue weighted by Gasteiger charge is -2.18. The minimum atomic E-state index is -3.83. The molecule has 1 aromatic carbocycles. The molecule has 0 aliphatic carbocycles. The number of alkyl carbamates (subject to hydrolysis) is 1. The van der Waals surface area contributed by atoms with Crippen LogP contribution in [0.25, 0.3) is 17.0 Å². The van der Waals surface area contributed by atoms with Gasteiger partial charge in [-0.25, -0.2) is 13.2 Å². The molecule has 15 heteroatoms. The third-order valence-corrected chi connectivity index (χ3v) is 7.35. The Morgan fingerprint density at radius 2 is 2.12 bits per heavy atom. The summed E-state index contributed by atoms with van der Waals surface area (Å²) in [6, 6.07) is 3.02. The van der Waals surface area contributed by atoms with E-state index in [9.17, 15) is 13.2 Å². The van der Waals surface area contributed by atoms with Gasteiger partial charge in [-0.15, -0.1) is 10.2 Å². The molecule has 32 heavy (non-hydrogen) atoms. The highest BCUT2D eigenvalue weighted by atomic mass is 32.2. The van der Waals surface area contributed by atoms with Gasteiger partial charge in [0.15, 0.2) is 23.2 Å². The molecule has 0 saturated carbocycles. The van der Waals surface area contributed by atoms with Crippen LogP contribution in [-0.2, 0) is 19.5 Å². The van der Waals surface area contributed by atoms with Gasteiger partial charge >= 0.3 is 6.09 Å². The lowest BCUT2D eigenvalue weighted by atomic mass is 10.3. The number of benzene rings is 1. The van der Waals surface area contributed by atoms with Crippen LogP contribution in [0.15, 0.2) is 17.0 Å². The fraction of sp³-hybridized carbons (Fsp3) is 0.471. The number of sulfonamides is 1. The largest absolute Gasteiger partial charge is 0.493 e. The molecule has 2 fully saturated rings. The summed E-state index contributed by atoms with van der Waals surface area (Å²) >= 11 is 0. The first-order valence-electron chi connectivity index (χ1n) is 9.75. The third kappa shape index (κ3) is 3.25. The molecule has 0 bridgehead atoms. The first-order chi connectivity index (χ1) is 15.4. The minimum Gasteiger partial charge on any atom is -0.493 e. The fourth-order valence-electron chi connectivity index (χ4n) is 3.79. The molecule has 2 N–H and O–H groups in total. The highest BCUT2D eigenvalue weighted by Gasteiger charge is 2.36. The second kappa shape index (κ2) is 7.68. The van der Waals surface area contributed by atoms with Gasteiger partial charge in [-0.05, 0) is 18.6 Å². The van der Waals surface area contributed by atoms with E-state index < -0.39 is 22.2 Å². The van der Waals surface area contributed by atoms with Crippen LogP contribution in [0.1, 0.15) is 18.3 Å². The average molecular weight is 464 g/mol. The Morgan fingerprint density at radius 3 is 2.81 bits per heavy atom. The van der Waals surface area contributed by atoms with E-state index in [1.54, 1.807) is 13.2 Å². The van der Waals surface area contributed by atoms with Gasteiger partial charge in [-0.1, -0.05) is 5.21 Å². The quantitative estimate of drug-likeness (QED) is 0.496. The summed E-state index contributed by atoms with van der Waals surface area (Å²) in [5.74, 6) is 0.583. The van der Waals surface area contributed by atoms with E-state index in [-0.39, 0.29) is 41.3 Å². The summed E-state index contributed by atoms with van der Waals surface area (Å²) in [5.41, 5.74) is 0.695. The highest BCUT2D eigenvalue weighted by molar-refractivity contribution is 7.89. The Balaban J connectivity index is 1.51. The molecule has 2 unspecified atom stereocenters. The monoisotopic (exact) mass is 464 g/mol. The number of hydrogen-bond acceptors (Lipinski definition) is 10. The van der Waals surface area contributed by atoms with Crippen LogP contribution in [-0.4, -0.2) is 88.9 Å². The van der Waals surface area contributed by atoms with E-state index >= 15 is 0 Å². The van der Waals surface area contributed by atoms with Gasteiger partial charge in [0.2, 0.25) is 10.0 Å². The van der Waals surface area contributed by atoms with Crippen LogP contribution in [0, 0.1) is 0 Å². The summed E-state index contributed by atoms with van der Waals surface area (Å²) in [6.45, 7) is 0.892. The number of methoxy groups -OCH3 is 2. The molecular weight excluding hydrogens is 444 g/mol. The van der Waals surface area contributed by atoms with E-state index in [0.29, 0.717) is 24.3 Å². The van der Waals surface area contributed by atoms with Crippen LogP contribution in [0.5, 0.6) is 5.75 Å². The predicted octanol–water partition coefficient (Wildman–Crippen LogP) is -0.262. The highest BCUT2D eigenvalue weighted by Crippen LogP contribution is 2.35. The number of fused-ring (bicyclic) bond motifs is 1. The number of cyclic esters (lactones) is 1. The lowest BCUT2D eigenvalue weighted by Crippen LogP contribution is -2.30. The summed E-state index contributed by atoms with van der Waals surface area (Å²) in [5, 5.41) is 17.5. The number of nitrogens with zero attached hydrogens (tertiary/aromatic N) is 6. The van der Waals surface area contributed by atoms with Crippen molar-refractivity contribution in [3.8, 4) is 11.7 Å². The number of carbonyl (C=O) groups excluding carboxylic acids is 1. The number of rotatable bonds is 6. The number of carbonyl (C=O) groups is 1. The van der Waals surface area contributed by atoms with Crippen molar-refractivity contribution >= 4 is 27.1 Å². The number of amides is 1. The summed E-state index contributed by atoms with van der Waals surface area (Å²) in [7, 11) is -0.886. The molecule has 2 aliphatic rings. The molecule has 170 valence electrons. The molecule has 5 rings (SSSR count). The summed E-state index contributed by atoms with van der Waals surface area (Å²) in [4.78, 5) is 15.6. The smallest absolute Gasteiger partial charge is 0.408 e. The Morgan fingerprint density at radius 1 is 1.28 bits per heavy atom. The number of aromatic nitrogens is 6. The van der Waals surface area contributed by atoms with Gasteiger partial charge in [0.05, 0.1) is 19.8 Å². The molecule has 3 aromatic rings. The molecule has 0 spiro atoms. The zero-order valence-electron chi connectivity index (χ0n) is 17.2. The van der Waals surface area contributed by atoms with Crippen LogP contribution in [0.3, 0.4) is 0 Å². The van der Waals surface area contributed by atoms with Crippen molar-refractivity contribution in [3.05, 3.63) is 18.0 Å². The number of aromatic amines is 1. The minimum absolute atomic E-state index is 0.00378. The normalized spacial score (nSPS) is 21.8. The van der Waals surface area contributed by atoms with Gasteiger partial charge in [0, 0.05) is 20.2 Å². The van der Waals surface area contributed by atoms with Gasteiger partial charge in [-0.2, -0.15) is 14.0 Å². The molecular formula is C17H20N8O6S. The maximum absolute atomic E-state index is 13.2. The van der Waals surface area contributed by atoms with Crippen molar-refractivity contribution in [1.29, 1.82) is 0 Å². The molecule has 2 aliphatic heterocycles. The second-order valence-electron chi connectivity index (χ2n) is 7.27. The maximum atomic E-state index is 13.2. The Bertz CT molecular complexity index is 1290. The third-order valence-electron chi connectivity index (χ3n) is 5.47. The van der Waals surface area contributed by atoms with Crippen molar-refractivity contribution in [2.75, 3.05) is 33.9 Å². The number of ether oxygens (including phenoxy) is 3. The molecule has 4 heterocycles. The standard InChI is InChI=1S/C17H20N8O6S/c1-29-9-5-6-24(8-9)32(27,28)12-4-3-10-13(14(12)30-2)20-23-25(10)16-19-15(21-22-16)11-7-18-17(26)31-11/h3-4,9,11H,5-8H2,1-2H3,(H,18,26)(H,19,21,22). The van der Waals surface area contributed by atoms with E-state index in [4.69, 9.17) is 14.2 Å². The van der Waals surface area contributed by atoms with Crippen LogP contribution in [0.4, 0.5) is 4.79 Å². The zero-order chi connectivity index (χ0) is 22.5. The first kappa shape index (κ1) is 20.6. The average Bonchev–Trinajstić information content (AvgIpc) is 3.57. The van der Waals surface area contributed by atoms with Gasteiger partial charge < -0.3 is 19.5 Å². The van der Waals surface area contributed by atoms with Crippen molar-refractivity contribution < 1.29 is 27.4 Å². The van der Waals surface area contributed by atoms with Gasteiger partial charge in [-0.3, -0.25) is 5.10 Å². The fourth-order valence-corrected chi connectivity index (χ4v) is 5.43. The first-order valence-corrected chi connectivity index (χ1v) is 11.2. The van der Waals surface area contributed by atoms with E-state index in [1.165, 1.54) is 22.2 Å². The van der Waals surface area contributed by atoms with Crippen molar-refractivity contribution in [2.24, 2.45) is 0 Å². The predicted molar refractivity (Wildman–Crippen MR) is 107 cm³/mol. The van der Waals surface area contributed by atoms with Crippen LogP contribution < -0.4 is 10.1 Å². The maximum Gasteiger partial charge on any atom is 0.408 e. The Labute approximate surface area is 181 Å². The molecule has 1 amide bonds. The van der Waals surface area contributed by atoms with Gasteiger partial charge in [0.1, 0.15) is 10.4 Å². The van der Waals surface area contributed by atoms with Gasteiger partial charge in [0.25, 0.3) is 5.95 Å². The zero-order valence-corrected chi connectivity index (χ0v) is 18.0. The van der Waals surface area contributed by atoms with E-state index in [0.717, 1.165) is 0 Å². The van der Waals surface area contributed by atoms with E-state index in [1.807, 2.05) is 0 Å². The second-order valence-corrected chi connectivity index (χ2v) is 9.18. The van der Waals surface area contributed by atoms with Crippen molar-refractivity contribution in [1.82, 2.24) is 39.8 Å². The molecule has 2 atom stereocenters. The molecule has 14 nitrogen and oxygen atoms in total. The SMILES string of the molecule is COc1c(S(=O)(=O)N2CCC(OC)C2)ccc2c1nnn2-c1n[nH]c(C2CNC(=O)O2)n1. The number of H-pyrrole nitrogens is 1. The molecule has 0 radical (unpaired) electrons. The summed E-state index contributed by atoms with van der Waals surface area (Å²) in [6.07, 6.45) is -0.654. The van der Waals surface area contributed by atoms with Crippen molar-refractivity contribution in [3.63, 3.8) is 0 Å². The Hall–Kier alpha value is -3.30. The van der Waals surface area contributed by atoms with E-state index in [2.05, 4.69) is 30.8 Å². The molecule has 2 aromatic heterocycles. The van der Waals surface area contributed by atoms with Crippen molar-refractivity contribution in [2.45, 2.75) is 23.5 Å². The topological polar surface area (TPSA) is 166 Å². The number of nitrogens with one attached hydrogen (secondary N) is 2. The lowest BCUT2D eigenvalue weighted by molar-refractivity contribution is 0.115. The molecule has 2 saturated heterocycles. The Kier molecular flexibility index (Phi) is 4.94. The van der Waals surface area contributed by atoms with Crippen LogP contribution in [0.2, 0.25) is 0 Å². The van der Waals surface area contributed by atoms with Crippen LogP contribution >= 0.6 is 0 Å². The number of hydrogen-bond donors (Lipinski definition) is 2.